The van der Waals surface area contributed by atoms with E-state index in [-0.39, 0.29) is 5.56 Å². The number of rotatable bonds is 6. The third-order valence-electron chi connectivity index (χ3n) is 6.51. The summed E-state index contributed by atoms with van der Waals surface area (Å²) in [5.74, 6) is 2.60. The third-order valence-corrected chi connectivity index (χ3v) is 6.51. The van der Waals surface area contributed by atoms with Gasteiger partial charge in [-0.3, -0.25) is 9.69 Å². The van der Waals surface area contributed by atoms with Crippen molar-refractivity contribution in [1.82, 2.24) is 29.0 Å². The zero-order valence-electron chi connectivity index (χ0n) is 18.2. The minimum absolute atomic E-state index is 0.155. The predicted octanol–water partition coefficient (Wildman–Crippen LogP) is 2.11. The number of hydrogen-bond donors (Lipinski definition) is 0. The number of pyridine rings is 1. The Morgan fingerprint density at radius 2 is 1.90 bits per heavy atom. The maximum Gasteiger partial charge on any atom is 0.255 e. The van der Waals surface area contributed by atoms with E-state index in [9.17, 15) is 4.79 Å². The van der Waals surface area contributed by atoms with E-state index in [2.05, 4.69) is 42.3 Å². The topological polar surface area (TPSA) is 72.1 Å². The summed E-state index contributed by atoms with van der Waals surface area (Å²) in [7, 11) is 2.05. The molecule has 0 aliphatic carbocycles. The zero-order chi connectivity index (χ0) is 21.4. The van der Waals surface area contributed by atoms with Crippen LogP contribution in [0.2, 0.25) is 0 Å². The van der Waals surface area contributed by atoms with Crippen molar-refractivity contribution in [1.29, 1.82) is 0 Å². The number of fused-ring (bicyclic) bond motifs is 4. The summed E-state index contributed by atoms with van der Waals surface area (Å²) < 4.78 is 4.16. The molecule has 0 amide bonds. The van der Waals surface area contributed by atoms with Crippen molar-refractivity contribution in [2.75, 3.05) is 25.0 Å². The SMILES string of the molecule is CCn1ccnc1CN(C)Cc1ccc2n(c1=O)C[C@H]1C[C@@H]2CN(c2ncccn2)C1. The van der Waals surface area contributed by atoms with Gasteiger partial charge in [0, 0.05) is 74.7 Å². The molecular weight excluding hydrogens is 390 g/mol. The van der Waals surface area contributed by atoms with Gasteiger partial charge in [-0.25, -0.2) is 15.0 Å². The second-order valence-electron chi connectivity index (χ2n) is 8.75. The number of anilines is 1. The Kier molecular flexibility index (Phi) is 5.31. The Labute approximate surface area is 182 Å². The van der Waals surface area contributed by atoms with Gasteiger partial charge in [-0.2, -0.15) is 0 Å². The minimum Gasteiger partial charge on any atom is -0.340 e. The van der Waals surface area contributed by atoms with Crippen molar-refractivity contribution < 1.29 is 0 Å². The van der Waals surface area contributed by atoms with Gasteiger partial charge in [-0.1, -0.05) is 6.07 Å². The number of hydrogen-bond acceptors (Lipinski definition) is 6. The Balaban J connectivity index is 1.34. The van der Waals surface area contributed by atoms with Gasteiger partial charge in [0.25, 0.3) is 5.56 Å². The highest BCUT2D eigenvalue weighted by Gasteiger charge is 2.35. The van der Waals surface area contributed by atoms with Crippen LogP contribution in [0.4, 0.5) is 5.95 Å². The lowest BCUT2D eigenvalue weighted by atomic mass is 9.83. The van der Waals surface area contributed by atoms with E-state index in [1.807, 2.05) is 36.1 Å². The van der Waals surface area contributed by atoms with Crippen LogP contribution in [0.5, 0.6) is 0 Å². The Morgan fingerprint density at radius 3 is 2.71 bits per heavy atom. The Bertz CT molecular complexity index is 1110. The normalized spacial score (nSPS) is 20.2. The molecule has 2 atom stereocenters. The van der Waals surface area contributed by atoms with Crippen LogP contribution in [-0.4, -0.2) is 49.1 Å². The van der Waals surface area contributed by atoms with E-state index in [4.69, 9.17) is 0 Å². The average molecular weight is 420 g/mol. The molecule has 1 saturated heterocycles. The van der Waals surface area contributed by atoms with Crippen molar-refractivity contribution in [2.24, 2.45) is 5.92 Å². The van der Waals surface area contributed by atoms with Crippen molar-refractivity contribution in [3.63, 3.8) is 0 Å². The molecule has 8 heteroatoms. The molecule has 2 aliphatic rings. The van der Waals surface area contributed by atoms with E-state index in [0.29, 0.717) is 18.4 Å². The zero-order valence-corrected chi connectivity index (χ0v) is 18.2. The number of piperidine rings is 1. The molecular formula is C23H29N7O. The summed E-state index contributed by atoms with van der Waals surface area (Å²) in [6.45, 7) is 6.89. The predicted molar refractivity (Wildman–Crippen MR) is 119 cm³/mol. The summed E-state index contributed by atoms with van der Waals surface area (Å²) >= 11 is 0. The highest BCUT2D eigenvalue weighted by molar-refractivity contribution is 5.34. The van der Waals surface area contributed by atoms with E-state index >= 15 is 0 Å². The standard InChI is InChI=1S/C23H29N7O/c1-3-28-10-9-24-21(28)16-27(2)14-18-5-6-20-19-11-17(13-30(20)22(18)31)12-29(15-19)23-25-7-4-8-26-23/h4-10,17,19H,3,11-16H2,1-2H3/t17-,19+/m0/s1. The first-order chi connectivity index (χ1) is 15.1. The first-order valence-corrected chi connectivity index (χ1v) is 11.1. The molecule has 0 saturated carbocycles. The first-order valence-electron chi connectivity index (χ1n) is 11.1. The van der Waals surface area contributed by atoms with Crippen LogP contribution in [0, 0.1) is 5.92 Å². The van der Waals surface area contributed by atoms with Crippen molar-refractivity contribution in [3.05, 3.63) is 70.4 Å². The summed E-state index contributed by atoms with van der Waals surface area (Å²) in [5, 5.41) is 0. The molecule has 1 fully saturated rings. The molecule has 5 heterocycles. The first kappa shape index (κ1) is 19.9. The number of aryl methyl sites for hydroxylation is 1. The van der Waals surface area contributed by atoms with Gasteiger partial charge in [0.1, 0.15) is 5.82 Å². The van der Waals surface area contributed by atoms with Gasteiger partial charge in [-0.15, -0.1) is 0 Å². The molecule has 2 bridgehead atoms. The maximum absolute atomic E-state index is 13.3. The molecule has 0 aromatic carbocycles. The summed E-state index contributed by atoms with van der Waals surface area (Å²) in [6, 6.07) is 6.03. The molecule has 3 aromatic rings. The molecule has 0 radical (unpaired) electrons. The van der Waals surface area contributed by atoms with Crippen molar-refractivity contribution in [3.8, 4) is 0 Å². The molecule has 2 aliphatic heterocycles. The Hall–Kier alpha value is -3.00. The summed E-state index contributed by atoms with van der Waals surface area (Å²) in [5.41, 5.74) is 2.15. The van der Waals surface area contributed by atoms with Gasteiger partial charge in [0.05, 0.1) is 6.54 Å². The van der Waals surface area contributed by atoms with Crippen LogP contribution >= 0.6 is 0 Å². The largest absolute Gasteiger partial charge is 0.340 e. The van der Waals surface area contributed by atoms with E-state index in [1.165, 1.54) is 0 Å². The van der Waals surface area contributed by atoms with E-state index < -0.39 is 0 Å². The van der Waals surface area contributed by atoms with E-state index in [1.54, 1.807) is 12.4 Å². The average Bonchev–Trinajstić information content (AvgIpc) is 3.23. The molecule has 0 spiro atoms. The number of nitrogens with zero attached hydrogens (tertiary/aromatic N) is 7. The molecule has 162 valence electrons. The second-order valence-corrected chi connectivity index (χ2v) is 8.75. The fourth-order valence-electron chi connectivity index (χ4n) is 5.10. The fraction of sp³-hybridized carbons (Fsp3) is 0.478. The molecule has 0 N–H and O–H groups in total. The molecule has 31 heavy (non-hydrogen) atoms. The highest BCUT2D eigenvalue weighted by atomic mass is 16.1. The lowest BCUT2D eigenvalue weighted by Crippen LogP contribution is -2.48. The van der Waals surface area contributed by atoms with Crippen LogP contribution in [-0.2, 0) is 26.2 Å². The van der Waals surface area contributed by atoms with Gasteiger partial charge in [-0.05, 0) is 38.4 Å². The van der Waals surface area contributed by atoms with Crippen LogP contribution in [0.25, 0.3) is 0 Å². The maximum atomic E-state index is 13.3. The number of aromatic nitrogens is 5. The fourth-order valence-corrected chi connectivity index (χ4v) is 5.10. The smallest absolute Gasteiger partial charge is 0.255 e. The Morgan fingerprint density at radius 1 is 1.06 bits per heavy atom. The van der Waals surface area contributed by atoms with Crippen LogP contribution < -0.4 is 10.5 Å². The van der Waals surface area contributed by atoms with Crippen LogP contribution in [0.3, 0.4) is 0 Å². The highest BCUT2D eigenvalue weighted by Crippen LogP contribution is 2.36. The van der Waals surface area contributed by atoms with Crippen molar-refractivity contribution >= 4 is 5.95 Å². The summed E-state index contributed by atoms with van der Waals surface area (Å²) in [6.07, 6.45) is 8.55. The second kappa shape index (κ2) is 8.26. The molecule has 5 rings (SSSR count). The molecule has 0 unspecified atom stereocenters. The third kappa shape index (κ3) is 3.87. The van der Waals surface area contributed by atoms with Gasteiger partial charge < -0.3 is 14.0 Å². The summed E-state index contributed by atoms with van der Waals surface area (Å²) in [4.78, 5) is 31.1. The number of imidazole rings is 1. The van der Waals surface area contributed by atoms with E-state index in [0.717, 1.165) is 62.2 Å². The molecule has 3 aromatic heterocycles. The minimum atomic E-state index is 0.155. The van der Waals surface area contributed by atoms with Gasteiger partial charge >= 0.3 is 0 Å². The monoisotopic (exact) mass is 419 g/mol. The van der Waals surface area contributed by atoms with Crippen LogP contribution in [0.15, 0.2) is 47.8 Å². The quantitative estimate of drug-likeness (QED) is 0.609. The van der Waals surface area contributed by atoms with Crippen molar-refractivity contribution in [2.45, 2.75) is 45.4 Å². The molecule has 8 nitrogen and oxygen atoms in total. The lowest BCUT2D eigenvalue weighted by molar-refractivity contribution is 0.274. The van der Waals surface area contributed by atoms with Gasteiger partial charge in [0.15, 0.2) is 0 Å². The van der Waals surface area contributed by atoms with Crippen LogP contribution in [0.1, 0.15) is 36.3 Å². The van der Waals surface area contributed by atoms with Gasteiger partial charge in [0.2, 0.25) is 5.95 Å². The lowest BCUT2D eigenvalue weighted by Gasteiger charge is -2.42.